The SMILES string of the molecule is CC1CCCN(C[C@H](O)CNS(=O)(=O)c2cccc3ccccc23)C1.O=C(O)C(F)(F)F. The summed E-state index contributed by atoms with van der Waals surface area (Å²) in [6, 6.07) is 12.6. The van der Waals surface area contributed by atoms with Crippen LogP contribution in [0.4, 0.5) is 13.2 Å². The highest BCUT2D eigenvalue weighted by Crippen LogP contribution is 2.22. The van der Waals surface area contributed by atoms with Gasteiger partial charge in [-0.3, -0.25) is 0 Å². The molecule has 2 atom stereocenters. The molecule has 1 unspecified atom stereocenters. The number of likely N-dealkylation sites (tertiary alicyclic amines) is 1. The van der Waals surface area contributed by atoms with Crippen molar-refractivity contribution in [3.63, 3.8) is 0 Å². The van der Waals surface area contributed by atoms with Crippen LogP contribution in [0, 0.1) is 5.92 Å². The summed E-state index contributed by atoms with van der Waals surface area (Å²) in [5.41, 5.74) is 0. The Labute approximate surface area is 184 Å². The molecule has 0 aromatic heterocycles. The Morgan fingerprint density at radius 3 is 2.47 bits per heavy atom. The van der Waals surface area contributed by atoms with E-state index in [0.29, 0.717) is 17.8 Å². The number of aliphatic hydroxyl groups excluding tert-OH is 1. The molecular formula is C21H27F3N2O5S. The highest BCUT2D eigenvalue weighted by atomic mass is 32.2. The fraction of sp³-hybridized carbons (Fsp3) is 0.476. The van der Waals surface area contributed by atoms with Crippen LogP contribution in [-0.4, -0.2) is 68.0 Å². The van der Waals surface area contributed by atoms with Gasteiger partial charge in [0.25, 0.3) is 0 Å². The van der Waals surface area contributed by atoms with Gasteiger partial charge < -0.3 is 15.1 Å². The number of hydrogen-bond acceptors (Lipinski definition) is 5. The summed E-state index contributed by atoms with van der Waals surface area (Å²) in [4.78, 5) is 11.4. The lowest BCUT2D eigenvalue weighted by molar-refractivity contribution is -0.192. The summed E-state index contributed by atoms with van der Waals surface area (Å²) in [5, 5.41) is 18.9. The van der Waals surface area contributed by atoms with Crippen molar-refractivity contribution < 1.29 is 36.6 Å². The first-order valence-corrected chi connectivity index (χ1v) is 11.6. The Bertz CT molecular complexity index is 1010. The Hall–Kier alpha value is -2.21. The fourth-order valence-corrected chi connectivity index (χ4v) is 4.83. The summed E-state index contributed by atoms with van der Waals surface area (Å²) in [6.45, 7) is 4.67. The smallest absolute Gasteiger partial charge is 0.475 e. The van der Waals surface area contributed by atoms with E-state index in [2.05, 4.69) is 16.5 Å². The number of nitrogens with one attached hydrogen (secondary N) is 1. The van der Waals surface area contributed by atoms with E-state index in [1.807, 2.05) is 24.3 Å². The van der Waals surface area contributed by atoms with Gasteiger partial charge in [-0.15, -0.1) is 0 Å². The van der Waals surface area contributed by atoms with Crippen molar-refractivity contribution in [3.8, 4) is 0 Å². The van der Waals surface area contributed by atoms with Gasteiger partial charge >= 0.3 is 12.1 Å². The van der Waals surface area contributed by atoms with Gasteiger partial charge in [-0.05, 0) is 36.8 Å². The van der Waals surface area contributed by atoms with Crippen LogP contribution < -0.4 is 4.72 Å². The number of halogens is 3. The molecule has 1 heterocycles. The van der Waals surface area contributed by atoms with Crippen molar-refractivity contribution in [1.82, 2.24) is 9.62 Å². The third-order valence-corrected chi connectivity index (χ3v) is 6.48. The normalized spacial score (nSPS) is 18.6. The zero-order chi connectivity index (χ0) is 23.9. The predicted octanol–water partition coefficient (Wildman–Crippen LogP) is 2.84. The van der Waals surface area contributed by atoms with Crippen LogP contribution in [0.1, 0.15) is 19.8 Å². The van der Waals surface area contributed by atoms with E-state index in [0.717, 1.165) is 24.9 Å². The van der Waals surface area contributed by atoms with Gasteiger partial charge in [-0.25, -0.2) is 17.9 Å². The van der Waals surface area contributed by atoms with Crippen LogP contribution >= 0.6 is 0 Å². The zero-order valence-electron chi connectivity index (χ0n) is 17.5. The van der Waals surface area contributed by atoms with Crippen LogP contribution in [0.3, 0.4) is 0 Å². The van der Waals surface area contributed by atoms with E-state index in [1.165, 1.54) is 6.42 Å². The van der Waals surface area contributed by atoms with Crippen molar-refractivity contribution in [3.05, 3.63) is 42.5 Å². The predicted molar refractivity (Wildman–Crippen MR) is 114 cm³/mol. The Kier molecular flexibility index (Phi) is 9.02. The number of benzene rings is 2. The molecule has 3 N–H and O–H groups in total. The number of alkyl halides is 3. The number of rotatable bonds is 6. The summed E-state index contributed by atoms with van der Waals surface area (Å²) >= 11 is 0. The third kappa shape index (κ3) is 7.73. The van der Waals surface area contributed by atoms with E-state index in [9.17, 15) is 26.7 Å². The van der Waals surface area contributed by atoms with Crippen molar-refractivity contribution in [1.29, 1.82) is 0 Å². The van der Waals surface area contributed by atoms with Gasteiger partial charge in [0, 0.05) is 25.0 Å². The summed E-state index contributed by atoms with van der Waals surface area (Å²) in [6.07, 6.45) is -3.44. The van der Waals surface area contributed by atoms with Crippen LogP contribution in [0.5, 0.6) is 0 Å². The van der Waals surface area contributed by atoms with Gasteiger partial charge in [0.05, 0.1) is 11.0 Å². The lowest BCUT2D eigenvalue weighted by Crippen LogP contribution is -2.43. The molecule has 2 aromatic rings. The van der Waals surface area contributed by atoms with E-state index < -0.39 is 28.3 Å². The molecule has 178 valence electrons. The second kappa shape index (κ2) is 11.1. The first-order valence-electron chi connectivity index (χ1n) is 10.1. The van der Waals surface area contributed by atoms with Crippen molar-refractivity contribution >= 4 is 26.8 Å². The summed E-state index contributed by atoms with van der Waals surface area (Å²) in [7, 11) is -3.66. The van der Waals surface area contributed by atoms with Crippen LogP contribution in [0.15, 0.2) is 47.4 Å². The zero-order valence-corrected chi connectivity index (χ0v) is 18.4. The molecule has 1 aliphatic rings. The average molecular weight is 477 g/mol. The second-order valence-electron chi connectivity index (χ2n) is 7.79. The molecule has 32 heavy (non-hydrogen) atoms. The van der Waals surface area contributed by atoms with Gasteiger partial charge in [0.15, 0.2) is 0 Å². The number of hydrogen-bond donors (Lipinski definition) is 3. The van der Waals surface area contributed by atoms with Crippen LogP contribution in [0.2, 0.25) is 0 Å². The Balaban J connectivity index is 0.000000451. The van der Waals surface area contributed by atoms with Crippen LogP contribution in [0.25, 0.3) is 10.8 Å². The number of piperidine rings is 1. The maximum absolute atomic E-state index is 12.7. The number of aliphatic carboxylic acids is 1. The van der Waals surface area contributed by atoms with Gasteiger partial charge in [0.1, 0.15) is 0 Å². The molecule has 2 aromatic carbocycles. The fourth-order valence-electron chi connectivity index (χ4n) is 3.53. The van der Waals surface area contributed by atoms with Crippen molar-refractivity contribution in [2.45, 2.75) is 36.9 Å². The number of carboxylic acid groups (broad SMARTS) is 1. The first kappa shape index (κ1) is 26.0. The molecule has 3 rings (SSSR count). The molecule has 0 saturated carbocycles. The minimum atomic E-state index is -5.08. The number of aliphatic hydroxyl groups is 1. The average Bonchev–Trinajstić information content (AvgIpc) is 2.72. The number of sulfonamides is 1. The van der Waals surface area contributed by atoms with Gasteiger partial charge in [-0.1, -0.05) is 43.3 Å². The van der Waals surface area contributed by atoms with E-state index in [-0.39, 0.29) is 11.4 Å². The van der Waals surface area contributed by atoms with Gasteiger partial charge in [0.2, 0.25) is 10.0 Å². The molecule has 0 amide bonds. The third-order valence-electron chi connectivity index (χ3n) is 5.00. The lowest BCUT2D eigenvalue weighted by atomic mass is 10.00. The number of β-amino-alcohol motifs (C(OH)–C–C–N with tert-alkyl or cyclic N) is 1. The highest BCUT2D eigenvalue weighted by molar-refractivity contribution is 7.89. The van der Waals surface area contributed by atoms with Crippen molar-refractivity contribution in [2.24, 2.45) is 5.92 Å². The molecule has 1 aliphatic heterocycles. The molecule has 7 nitrogen and oxygen atoms in total. The number of nitrogens with zero attached hydrogens (tertiary/aromatic N) is 1. The topological polar surface area (TPSA) is 107 Å². The minimum absolute atomic E-state index is 0.0242. The maximum atomic E-state index is 12.7. The maximum Gasteiger partial charge on any atom is 0.490 e. The molecule has 11 heteroatoms. The van der Waals surface area contributed by atoms with Gasteiger partial charge in [-0.2, -0.15) is 13.2 Å². The molecule has 1 fully saturated rings. The molecule has 1 saturated heterocycles. The Morgan fingerprint density at radius 1 is 1.22 bits per heavy atom. The highest BCUT2D eigenvalue weighted by Gasteiger charge is 2.38. The van der Waals surface area contributed by atoms with Crippen LogP contribution in [-0.2, 0) is 14.8 Å². The first-order chi connectivity index (χ1) is 14.9. The Morgan fingerprint density at radius 2 is 1.84 bits per heavy atom. The molecule has 0 bridgehead atoms. The monoisotopic (exact) mass is 476 g/mol. The summed E-state index contributed by atoms with van der Waals surface area (Å²) < 4.78 is 59.6. The number of fused-ring (bicyclic) bond motifs is 1. The van der Waals surface area contributed by atoms with E-state index in [4.69, 9.17) is 9.90 Å². The van der Waals surface area contributed by atoms with Crippen molar-refractivity contribution in [2.75, 3.05) is 26.2 Å². The lowest BCUT2D eigenvalue weighted by Gasteiger charge is -2.32. The standard InChI is InChI=1S/C19H26N2O3S.C2HF3O2/c1-15-6-5-11-21(13-15)14-17(22)12-20-25(23,24)19-10-4-8-16-7-2-3-9-18(16)19;3-2(4,5)1(6)7/h2-4,7-10,15,17,20,22H,5-6,11-14H2,1H3;(H,6,7)/t15?,17-;/m1./s1. The number of carboxylic acids is 1. The number of carbonyl (C=O) groups is 1. The second-order valence-corrected chi connectivity index (χ2v) is 9.53. The van der Waals surface area contributed by atoms with E-state index >= 15 is 0 Å². The quantitative estimate of drug-likeness (QED) is 0.592. The molecule has 0 aliphatic carbocycles. The summed E-state index contributed by atoms with van der Waals surface area (Å²) in [5.74, 6) is -2.12. The largest absolute Gasteiger partial charge is 0.490 e. The molecular weight excluding hydrogens is 449 g/mol. The molecule has 0 radical (unpaired) electrons. The minimum Gasteiger partial charge on any atom is -0.475 e. The molecule has 0 spiro atoms. The van der Waals surface area contributed by atoms with E-state index in [1.54, 1.807) is 18.2 Å².